The standard InChI is InChI=1S/C14H19Cl2NO2.C4H3NO2/c15-8-10-17(11-9-16)13-6-4-12(5-7-13)2-1-3-14(18)19;6-3-1-2-4(7)5-3/h4-7H,1-3,8-11H2,(H,18,19);1-2H,(H,5,6,7). The molecule has 0 aliphatic carbocycles. The number of anilines is 1. The topological polar surface area (TPSA) is 86.7 Å². The molecule has 1 heterocycles. The van der Waals surface area contributed by atoms with Crippen LogP contribution in [0.3, 0.4) is 0 Å². The summed E-state index contributed by atoms with van der Waals surface area (Å²) in [5.41, 5.74) is 2.25. The van der Waals surface area contributed by atoms with Crippen LogP contribution < -0.4 is 10.2 Å². The molecule has 2 amide bonds. The Morgan fingerprint density at radius 2 is 1.54 bits per heavy atom. The van der Waals surface area contributed by atoms with Crippen molar-refractivity contribution in [3.8, 4) is 0 Å². The van der Waals surface area contributed by atoms with Gasteiger partial charge in [-0.05, 0) is 30.5 Å². The Bertz CT molecular complexity index is 611. The number of hydrogen-bond acceptors (Lipinski definition) is 4. The summed E-state index contributed by atoms with van der Waals surface area (Å²) in [6, 6.07) is 8.14. The average Bonchev–Trinajstić information content (AvgIpc) is 2.98. The fraction of sp³-hybridized carbons (Fsp3) is 0.389. The number of aryl methyl sites for hydroxylation is 1. The second kappa shape index (κ2) is 12.3. The Morgan fingerprint density at radius 1 is 1.00 bits per heavy atom. The molecule has 1 aliphatic heterocycles. The molecule has 0 fully saturated rings. The number of carboxylic acid groups (broad SMARTS) is 1. The van der Waals surface area contributed by atoms with E-state index in [9.17, 15) is 14.4 Å². The zero-order valence-corrected chi connectivity index (χ0v) is 15.8. The summed E-state index contributed by atoms with van der Waals surface area (Å²) in [6.45, 7) is 1.54. The minimum atomic E-state index is -0.743. The number of carbonyl (C=O) groups excluding carboxylic acids is 2. The lowest BCUT2D eigenvalue weighted by molar-refractivity contribution is -0.137. The first-order valence-electron chi connectivity index (χ1n) is 8.17. The van der Waals surface area contributed by atoms with Crippen molar-refractivity contribution in [2.45, 2.75) is 19.3 Å². The van der Waals surface area contributed by atoms with E-state index in [2.05, 4.69) is 4.90 Å². The Labute approximate surface area is 162 Å². The summed E-state index contributed by atoms with van der Waals surface area (Å²) in [5, 5.41) is 10.6. The smallest absolute Gasteiger partial charge is 0.303 e. The molecule has 0 saturated heterocycles. The number of carboxylic acids is 1. The summed E-state index contributed by atoms with van der Waals surface area (Å²) < 4.78 is 0. The van der Waals surface area contributed by atoms with Gasteiger partial charge < -0.3 is 10.0 Å². The van der Waals surface area contributed by atoms with Gasteiger partial charge in [-0.1, -0.05) is 12.1 Å². The minimum Gasteiger partial charge on any atom is -0.481 e. The highest BCUT2D eigenvalue weighted by Gasteiger charge is 2.07. The second-order valence-corrected chi connectivity index (χ2v) is 6.22. The van der Waals surface area contributed by atoms with Crippen LogP contribution in [-0.2, 0) is 20.8 Å². The fourth-order valence-electron chi connectivity index (χ4n) is 2.25. The minimum absolute atomic E-state index is 0.215. The maximum Gasteiger partial charge on any atom is 0.303 e. The van der Waals surface area contributed by atoms with Crippen LogP contribution in [0.5, 0.6) is 0 Å². The van der Waals surface area contributed by atoms with Crippen LogP contribution in [-0.4, -0.2) is 47.7 Å². The number of nitrogens with zero attached hydrogens (tertiary/aromatic N) is 1. The van der Waals surface area contributed by atoms with Crippen molar-refractivity contribution in [1.82, 2.24) is 5.32 Å². The lowest BCUT2D eigenvalue weighted by Crippen LogP contribution is -2.27. The molecule has 2 N–H and O–H groups in total. The molecule has 26 heavy (non-hydrogen) atoms. The Morgan fingerprint density at radius 3 is 1.92 bits per heavy atom. The van der Waals surface area contributed by atoms with Gasteiger partial charge in [0, 0.05) is 49.1 Å². The van der Waals surface area contributed by atoms with Crippen molar-refractivity contribution < 1.29 is 19.5 Å². The summed E-state index contributed by atoms with van der Waals surface area (Å²) in [5.74, 6) is -0.267. The van der Waals surface area contributed by atoms with Gasteiger partial charge in [0.1, 0.15) is 0 Å². The molecule has 2 rings (SSSR count). The quantitative estimate of drug-likeness (QED) is 0.491. The molecule has 1 aliphatic rings. The lowest BCUT2D eigenvalue weighted by atomic mass is 10.1. The summed E-state index contributed by atoms with van der Waals surface area (Å²) in [4.78, 5) is 32.7. The van der Waals surface area contributed by atoms with Gasteiger partial charge >= 0.3 is 5.97 Å². The number of halogens is 2. The number of nitrogens with one attached hydrogen (secondary N) is 1. The van der Waals surface area contributed by atoms with Gasteiger partial charge in [-0.25, -0.2) is 0 Å². The van der Waals surface area contributed by atoms with E-state index in [-0.39, 0.29) is 18.2 Å². The monoisotopic (exact) mass is 400 g/mol. The van der Waals surface area contributed by atoms with E-state index < -0.39 is 5.97 Å². The van der Waals surface area contributed by atoms with Crippen LogP contribution in [0.4, 0.5) is 5.69 Å². The number of hydrogen-bond donors (Lipinski definition) is 2. The van der Waals surface area contributed by atoms with Gasteiger partial charge in [0.2, 0.25) is 0 Å². The van der Waals surface area contributed by atoms with Gasteiger partial charge in [-0.2, -0.15) is 0 Å². The van der Waals surface area contributed by atoms with Gasteiger partial charge in [-0.15, -0.1) is 23.2 Å². The van der Waals surface area contributed by atoms with Crippen molar-refractivity contribution in [3.63, 3.8) is 0 Å². The van der Waals surface area contributed by atoms with E-state index in [0.29, 0.717) is 18.2 Å². The SMILES string of the molecule is O=C(O)CCCc1ccc(N(CCCl)CCCl)cc1.O=C1C=CC(=O)N1. The van der Waals surface area contributed by atoms with Crippen LogP contribution in [0, 0.1) is 0 Å². The van der Waals surface area contributed by atoms with Crippen molar-refractivity contribution in [3.05, 3.63) is 42.0 Å². The molecule has 8 heteroatoms. The molecule has 0 spiro atoms. The van der Waals surface area contributed by atoms with E-state index in [0.717, 1.165) is 30.8 Å². The Balaban J connectivity index is 0.000000401. The molecule has 1 aromatic rings. The molecule has 0 bridgehead atoms. The highest BCUT2D eigenvalue weighted by atomic mass is 35.5. The molecule has 142 valence electrons. The summed E-state index contributed by atoms with van der Waals surface area (Å²) in [6.07, 6.45) is 4.07. The van der Waals surface area contributed by atoms with Crippen molar-refractivity contribution in [2.24, 2.45) is 0 Å². The first-order chi connectivity index (χ1) is 12.5. The van der Waals surface area contributed by atoms with Crippen LogP contribution >= 0.6 is 23.2 Å². The van der Waals surface area contributed by atoms with E-state index >= 15 is 0 Å². The predicted octanol–water partition coefficient (Wildman–Crippen LogP) is 2.58. The number of amides is 2. The molecular weight excluding hydrogens is 379 g/mol. The van der Waals surface area contributed by atoms with Crippen LogP contribution in [0.2, 0.25) is 0 Å². The third-order valence-electron chi connectivity index (χ3n) is 3.50. The molecule has 6 nitrogen and oxygen atoms in total. The molecule has 0 saturated carbocycles. The number of imide groups is 1. The number of aliphatic carboxylic acids is 1. The second-order valence-electron chi connectivity index (χ2n) is 5.47. The molecule has 0 unspecified atom stereocenters. The lowest BCUT2D eigenvalue weighted by Gasteiger charge is -2.23. The molecule has 1 aromatic carbocycles. The first-order valence-corrected chi connectivity index (χ1v) is 9.23. The van der Waals surface area contributed by atoms with Gasteiger partial charge in [0.15, 0.2) is 0 Å². The van der Waals surface area contributed by atoms with Gasteiger partial charge in [-0.3, -0.25) is 19.7 Å². The predicted molar refractivity (Wildman–Crippen MR) is 103 cm³/mol. The van der Waals surface area contributed by atoms with E-state index in [1.165, 1.54) is 12.2 Å². The van der Waals surface area contributed by atoms with Crippen LogP contribution in [0.25, 0.3) is 0 Å². The third kappa shape index (κ3) is 8.87. The number of alkyl halides is 2. The Kier molecular flexibility index (Phi) is 10.4. The zero-order valence-electron chi connectivity index (χ0n) is 14.3. The van der Waals surface area contributed by atoms with E-state index in [1.54, 1.807) is 0 Å². The molecule has 0 radical (unpaired) electrons. The summed E-state index contributed by atoms with van der Waals surface area (Å²) >= 11 is 11.5. The van der Waals surface area contributed by atoms with E-state index in [4.69, 9.17) is 28.3 Å². The average molecular weight is 401 g/mol. The van der Waals surface area contributed by atoms with E-state index in [1.807, 2.05) is 29.6 Å². The molecule has 0 aromatic heterocycles. The first kappa shape index (κ1) is 22.0. The van der Waals surface area contributed by atoms with Crippen molar-refractivity contribution in [2.75, 3.05) is 29.7 Å². The molecule has 0 atom stereocenters. The highest BCUT2D eigenvalue weighted by molar-refractivity contribution is 6.18. The number of carbonyl (C=O) groups is 3. The normalized spacial score (nSPS) is 12.4. The maximum absolute atomic E-state index is 10.4. The number of benzene rings is 1. The highest BCUT2D eigenvalue weighted by Crippen LogP contribution is 2.16. The van der Waals surface area contributed by atoms with Gasteiger partial charge in [0.05, 0.1) is 0 Å². The van der Waals surface area contributed by atoms with Crippen molar-refractivity contribution in [1.29, 1.82) is 0 Å². The van der Waals surface area contributed by atoms with Crippen LogP contribution in [0.1, 0.15) is 18.4 Å². The van der Waals surface area contributed by atoms with Crippen LogP contribution in [0.15, 0.2) is 36.4 Å². The number of rotatable bonds is 9. The third-order valence-corrected chi connectivity index (χ3v) is 3.84. The fourth-order valence-corrected chi connectivity index (χ4v) is 2.66. The Hall–Kier alpha value is -2.05. The zero-order chi connectivity index (χ0) is 19.4. The summed E-state index contributed by atoms with van der Waals surface area (Å²) in [7, 11) is 0. The molecular formula is C18H22Cl2N2O4. The van der Waals surface area contributed by atoms with Crippen molar-refractivity contribution >= 4 is 46.7 Å². The largest absolute Gasteiger partial charge is 0.481 e. The maximum atomic E-state index is 10.4. The van der Waals surface area contributed by atoms with Gasteiger partial charge in [0.25, 0.3) is 11.8 Å².